The Labute approximate surface area is 183 Å². The first kappa shape index (κ1) is 18.6. The molecule has 2 aliphatic rings. The van der Waals surface area contributed by atoms with Crippen molar-refractivity contribution in [1.29, 1.82) is 0 Å². The van der Waals surface area contributed by atoms with Crippen LogP contribution in [0.5, 0.6) is 11.5 Å². The number of benzene rings is 3. The molecule has 0 fully saturated rings. The fourth-order valence-corrected chi connectivity index (χ4v) is 4.44. The number of anilines is 1. The number of rotatable bonds is 3. The summed E-state index contributed by atoms with van der Waals surface area (Å²) < 4.78 is 27.4. The van der Waals surface area contributed by atoms with Crippen molar-refractivity contribution in [3.8, 4) is 11.5 Å². The lowest BCUT2D eigenvalue weighted by atomic mass is 9.84. The van der Waals surface area contributed by atoms with E-state index in [1.54, 1.807) is 19.2 Å². The second-order valence-corrected chi connectivity index (χ2v) is 7.70. The number of methoxy groups -OCH3 is 1. The summed E-state index contributed by atoms with van der Waals surface area (Å²) in [6.07, 6.45) is 1.11. The Balaban J connectivity index is 1.60. The molecule has 0 radical (unpaired) electrons. The number of fused-ring (bicyclic) bond motifs is 3. The van der Waals surface area contributed by atoms with Crippen molar-refractivity contribution in [2.75, 3.05) is 12.4 Å². The van der Waals surface area contributed by atoms with Gasteiger partial charge in [-0.1, -0.05) is 36.4 Å². The fraction of sp³-hybridized carbons (Fsp3) is 0.120. The number of ether oxygens (including phenoxy) is 2. The topological polar surface area (TPSA) is 61.2 Å². The molecule has 158 valence electrons. The van der Waals surface area contributed by atoms with E-state index in [2.05, 4.69) is 15.4 Å². The molecular formula is C25H19FN4O2. The maximum atomic E-state index is 13.7. The summed E-state index contributed by atoms with van der Waals surface area (Å²) in [5.74, 6) is 1.90. The van der Waals surface area contributed by atoms with Gasteiger partial charge in [0.25, 0.3) is 0 Å². The van der Waals surface area contributed by atoms with E-state index in [1.165, 1.54) is 18.5 Å². The molecule has 0 saturated heterocycles. The molecule has 0 aliphatic carbocycles. The summed E-state index contributed by atoms with van der Waals surface area (Å²) >= 11 is 0. The number of nitrogens with zero attached hydrogens (tertiary/aromatic N) is 3. The van der Waals surface area contributed by atoms with Crippen molar-refractivity contribution in [2.24, 2.45) is 0 Å². The van der Waals surface area contributed by atoms with Gasteiger partial charge in [-0.2, -0.15) is 10.1 Å². The van der Waals surface area contributed by atoms with E-state index < -0.39 is 6.10 Å². The van der Waals surface area contributed by atoms with E-state index in [0.29, 0.717) is 5.95 Å². The third-order valence-corrected chi connectivity index (χ3v) is 5.93. The van der Waals surface area contributed by atoms with Crippen LogP contribution in [-0.4, -0.2) is 21.9 Å². The molecule has 2 atom stereocenters. The van der Waals surface area contributed by atoms with Gasteiger partial charge >= 0.3 is 0 Å². The van der Waals surface area contributed by atoms with Crippen molar-refractivity contribution in [3.63, 3.8) is 0 Å². The fourth-order valence-electron chi connectivity index (χ4n) is 4.44. The van der Waals surface area contributed by atoms with Crippen LogP contribution in [-0.2, 0) is 0 Å². The van der Waals surface area contributed by atoms with Gasteiger partial charge in [0.2, 0.25) is 5.95 Å². The third-order valence-electron chi connectivity index (χ3n) is 5.93. The lowest BCUT2D eigenvalue weighted by Crippen LogP contribution is -2.32. The van der Waals surface area contributed by atoms with Crippen LogP contribution < -0.4 is 14.8 Å². The van der Waals surface area contributed by atoms with Crippen LogP contribution in [0.25, 0.3) is 5.70 Å². The minimum absolute atomic E-state index is 0.266. The highest BCUT2D eigenvalue weighted by molar-refractivity contribution is 5.85. The van der Waals surface area contributed by atoms with Gasteiger partial charge in [0, 0.05) is 11.1 Å². The number of para-hydroxylation sites is 1. The largest absolute Gasteiger partial charge is 0.497 e. The molecule has 32 heavy (non-hydrogen) atoms. The first-order valence-electron chi connectivity index (χ1n) is 10.3. The van der Waals surface area contributed by atoms with E-state index in [-0.39, 0.29) is 11.9 Å². The first-order chi connectivity index (χ1) is 15.7. The summed E-state index contributed by atoms with van der Waals surface area (Å²) in [5.41, 5.74) is 4.74. The van der Waals surface area contributed by atoms with E-state index in [0.717, 1.165) is 39.5 Å². The van der Waals surface area contributed by atoms with Gasteiger partial charge < -0.3 is 14.8 Å². The van der Waals surface area contributed by atoms with Crippen LogP contribution in [0, 0.1) is 5.82 Å². The van der Waals surface area contributed by atoms with Gasteiger partial charge in [0.1, 0.15) is 35.8 Å². The average molecular weight is 426 g/mol. The zero-order valence-corrected chi connectivity index (χ0v) is 17.2. The molecule has 0 spiro atoms. The molecule has 7 heteroatoms. The number of nitrogens with one attached hydrogen (secondary N) is 1. The van der Waals surface area contributed by atoms with E-state index in [4.69, 9.17) is 9.47 Å². The van der Waals surface area contributed by atoms with Gasteiger partial charge in [0.15, 0.2) is 0 Å². The summed E-state index contributed by atoms with van der Waals surface area (Å²) in [6.45, 7) is 0. The maximum Gasteiger partial charge on any atom is 0.226 e. The molecule has 2 aliphatic heterocycles. The third kappa shape index (κ3) is 2.85. The predicted molar refractivity (Wildman–Crippen MR) is 118 cm³/mol. The molecule has 0 saturated carbocycles. The van der Waals surface area contributed by atoms with Crippen LogP contribution in [0.3, 0.4) is 0 Å². The minimum Gasteiger partial charge on any atom is -0.497 e. The van der Waals surface area contributed by atoms with Gasteiger partial charge in [-0.3, -0.25) is 0 Å². The molecule has 0 unspecified atom stereocenters. The average Bonchev–Trinajstić information content (AvgIpc) is 3.31. The molecule has 1 aromatic heterocycles. The first-order valence-corrected chi connectivity index (χ1v) is 10.3. The second-order valence-electron chi connectivity index (χ2n) is 7.70. The van der Waals surface area contributed by atoms with Gasteiger partial charge in [-0.15, -0.1) is 0 Å². The summed E-state index contributed by atoms with van der Waals surface area (Å²) in [7, 11) is 1.65. The minimum atomic E-state index is -0.433. The SMILES string of the molecule is COc1ccc([C@@H]2C3=C(Nc4ncnn42)c2ccccc2O[C@@H]3c2ccc(F)cc2)cc1. The van der Waals surface area contributed by atoms with Crippen molar-refractivity contribution in [1.82, 2.24) is 14.8 Å². The smallest absolute Gasteiger partial charge is 0.226 e. The number of halogens is 1. The lowest BCUT2D eigenvalue weighted by molar-refractivity contribution is 0.223. The Morgan fingerprint density at radius 3 is 2.50 bits per heavy atom. The Morgan fingerprint density at radius 2 is 1.72 bits per heavy atom. The van der Waals surface area contributed by atoms with Crippen LogP contribution in [0.15, 0.2) is 84.7 Å². The van der Waals surface area contributed by atoms with Gasteiger partial charge in [-0.05, 0) is 47.5 Å². The summed E-state index contributed by atoms with van der Waals surface area (Å²) in [5, 5.41) is 7.97. The number of aromatic nitrogens is 3. The van der Waals surface area contributed by atoms with Crippen LogP contribution >= 0.6 is 0 Å². The quantitative estimate of drug-likeness (QED) is 0.500. The van der Waals surface area contributed by atoms with Gasteiger partial charge in [0.05, 0.1) is 12.8 Å². The highest BCUT2D eigenvalue weighted by Gasteiger charge is 2.40. The van der Waals surface area contributed by atoms with Crippen molar-refractivity contribution < 1.29 is 13.9 Å². The molecule has 6 nitrogen and oxygen atoms in total. The summed E-state index contributed by atoms with van der Waals surface area (Å²) in [6, 6.07) is 22.0. The molecule has 4 aromatic rings. The lowest BCUT2D eigenvalue weighted by Gasteiger charge is -2.39. The van der Waals surface area contributed by atoms with Crippen LogP contribution in [0.2, 0.25) is 0 Å². The molecule has 0 amide bonds. The maximum absolute atomic E-state index is 13.7. The molecule has 0 bridgehead atoms. The Hall–Kier alpha value is -4.13. The van der Waals surface area contributed by atoms with E-state index in [9.17, 15) is 4.39 Å². The van der Waals surface area contributed by atoms with E-state index >= 15 is 0 Å². The zero-order valence-electron chi connectivity index (χ0n) is 17.2. The highest BCUT2D eigenvalue weighted by atomic mass is 19.1. The molecule has 6 rings (SSSR count). The Bertz CT molecular complexity index is 1330. The van der Waals surface area contributed by atoms with Crippen molar-refractivity contribution in [3.05, 3.63) is 107 Å². The predicted octanol–water partition coefficient (Wildman–Crippen LogP) is 4.99. The molecular weight excluding hydrogens is 407 g/mol. The van der Waals surface area contributed by atoms with Crippen molar-refractivity contribution in [2.45, 2.75) is 12.1 Å². The van der Waals surface area contributed by atoms with Gasteiger partial charge in [-0.25, -0.2) is 9.07 Å². The molecule has 3 heterocycles. The molecule has 3 aromatic carbocycles. The Kier molecular flexibility index (Phi) is 4.21. The number of hydrogen-bond acceptors (Lipinski definition) is 5. The van der Waals surface area contributed by atoms with Crippen LogP contribution in [0.1, 0.15) is 28.8 Å². The van der Waals surface area contributed by atoms with E-state index in [1.807, 2.05) is 53.2 Å². The Morgan fingerprint density at radius 1 is 0.969 bits per heavy atom. The molecule has 1 N–H and O–H groups in total. The monoisotopic (exact) mass is 426 g/mol. The van der Waals surface area contributed by atoms with Crippen LogP contribution in [0.4, 0.5) is 10.3 Å². The normalized spacial score (nSPS) is 18.7. The highest BCUT2D eigenvalue weighted by Crippen LogP contribution is 2.50. The second kappa shape index (κ2) is 7.23. The standard InChI is InChI=1S/C25H19FN4O2/c1-31-18-12-8-15(9-13-18)23-21-22(29-25-27-14-28-30(23)25)19-4-2-3-5-20(19)32-24(21)16-6-10-17(26)11-7-16/h2-14,23-24H,1H3,(H,27,28,29)/t23-,24-/m1/s1. The zero-order chi connectivity index (χ0) is 21.7. The summed E-state index contributed by atoms with van der Waals surface area (Å²) in [4.78, 5) is 4.43. The van der Waals surface area contributed by atoms with Crippen molar-refractivity contribution >= 4 is 11.6 Å². The number of hydrogen-bond donors (Lipinski definition) is 1.